The lowest BCUT2D eigenvalue weighted by Gasteiger charge is -2.33. The van der Waals surface area contributed by atoms with E-state index in [9.17, 15) is 9.59 Å². The predicted octanol–water partition coefficient (Wildman–Crippen LogP) is 6.12. The summed E-state index contributed by atoms with van der Waals surface area (Å²) < 4.78 is 1.58. The van der Waals surface area contributed by atoms with Crippen LogP contribution in [-0.4, -0.2) is 33.3 Å². The first kappa shape index (κ1) is 29.5. The van der Waals surface area contributed by atoms with Gasteiger partial charge in [0.15, 0.2) is 0 Å². The van der Waals surface area contributed by atoms with Crippen LogP contribution in [0.25, 0.3) is 5.65 Å². The van der Waals surface area contributed by atoms with E-state index >= 15 is 0 Å². The summed E-state index contributed by atoms with van der Waals surface area (Å²) in [7, 11) is 0. The molecule has 204 valence electrons. The van der Waals surface area contributed by atoms with Gasteiger partial charge in [-0.05, 0) is 48.7 Å². The SMILES string of the molecule is C=C(CN)CN(C(=O)c1ccc(C)cc1)C(CCC)c1nc2ccccn2c(=O)c1Cc1ccccc1.CC. The van der Waals surface area contributed by atoms with Gasteiger partial charge in [0, 0.05) is 36.8 Å². The highest BCUT2D eigenvalue weighted by Crippen LogP contribution is 2.30. The Morgan fingerprint density at radius 2 is 1.69 bits per heavy atom. The van der Waals surface area contributed by atoms with Gasteiger partial charge in [0.25, 0.3) is 11.5 Å². The fraction of sp³-hybridized carbons (Fsp3) is 0.303. The Balaban J connectivity index is 0.00000205. The van der Waals surface area contributed by atoms with Gasteiger partial charge in [0.05, 0.1) is 11.7 Å². The fourth-order valence-electron chi connectivity index (χ4n) is 4.59. The van der Waals surface area contributed by atoms with Gasteiger partial charge in [-0.25, -0.2) is 4.98 Å². The van der Waals surface area contributed by atoms with E-state index in [1.165, 1.54) is 0 Å². The first-order valence-electron chi connectivity index (χ1n) is 13.7. The van der Waals surface area contributed by atoms with Crippen LogP contribution in [0.4, 0.5) is 0 Å². The number of carbonyl (C=O) groups is 1. The number of pyridine rings is 1. The molecule has 0 aliphatic rings. The van der Waals surface area contributed by atoms with Gasteiger partial charge >= 0.3 is 0 Å². The first-order chi connectivity index (χ1) is 18.9. The Kier molecular flexibility index (Phi) is 10.8. The Hall–Kier alpha value is -4.03. The molecule has 0 saturated heterocycles. The van der Waals surface area contributed by atoms with E-state index in [0.717, 1.165) is 23.1 Å². The largest absolute Gasteiger partial charge is 0.327 e. The Bertz CT molecular complexity index is 1440. The van der Waals surface area contributed by atoms with Gasteiger partial charge in [0.2, 0.25) is 0 Å². The third-order valence-corrected chi connectivity index (χ3v) is 6.58. The molecule has 1 atom stereocenters. The number of nitrogens with zero attached hydrogens (tertiary/aromatic N) is 3. The number of amides is 1. The van der Waals surface area contributed by atoms with Crippen molar-refractivity contribution in [1.29, 1.82) is 0 Å². The summed E-state index contributed by atoms with van der Waals surface area (Å²) in [6.07, 6.45) is 3.61. The highest BCUT2D eigenvalue weighted by Gasteiger charge is 2.30. The Labute approximate surface area is 231 Å². The lowest BCUT2D eigenvalue weighted by atomic mass is 9.96. The Morgan fingerprint density at radius 1 is 1.03 bits per heavy atom. The molecule has 0 aliphatic heterocycles. The smallest absolute Gasteiger partial charge is 0.261 e. The minimum absolute atomic E-state index is 0.119. The van der Waals surface area contributed by atoms with Crippen LogP contribution in [0.15, 0.2) is 95.9 Å². The van der Waals surface area contributed by atoms with E-state index in [4.69, 9.17) is 10.7 Å². The van der Waals surface area contributed by atoms with Gasteiger partial charge in [-0.15, -0.1) is 0 Å². The van der Waals surface area contributed by atoms with Crippen molar-refractivity contribution < 1.29 is 4.79 Å². The molecule has 4 aromatic rings. The number of aryl methyl sites for hydroxylation is 1. The summed E-state index contributed by atoms with van der Waals surface area (Å²) in [5.74, 6) is -0.131. The minimum Gasteiger partial charge on any atom is -0.327 e. The predicted molar refractivity (Wildman–Crippen MR) is 160 cm³/mol. The molecule has 0 spiro atoms. The monoisotopic (exact) mass is 524 g/mol. The number of fused-ring (bicyclic) bond motifs is 1. The number of carbonyl (C=O) groups excluding carboxylic acids is 1. The number of benzene rings is 2. The molecule has 2 heterocycles. The zero-order chi connectivity index (χ0) is 28.4. The molecule has 0 aliphatic carbocycles. The topological polar surface area (TPSA) is 80.7 Å². The van der Waals surface area contributed by atoms with Gasteiger partial charge in [-0.2, -0.15) is 0 Å². The second kappa shape index (κ2) is 14.2. The highest BCUT2D eigenvalue weighted by molar-refractivity contribution is 5.94. The molecule has 1 amide bonds. The van der Waals surface area contributed by atoms with Crippen molar-refractivity contribution in [2.45, 2.75) is 53.0 Å². The molecule has 2 aromatic carbocycles. The van der Waals surface area contributed by atoms with Crippen LogP contribution in [0.3, 0.4) is 0 Å². The fourth-order valence-corrected chi connectivity index (χ4v) is 4.59. The number of aromatic nitrogens is 2. The van der Waals surface area contributed by atoms with Crippen molar-refractivity contribution in [2.75, 3.05) is 13.1 Å². The molecule has 0 saturated carbocycles. The molecule has 0 fully saturated rings. The van der Waals surface area contributed by atoms with E-state index in [0.29, 0.717) is 35.3 Å². The molecule has 2 N–H and O–H groups in total. The van der Waals surface area contributed by atoms with Crippen molar-refractivity contribution in [2.24, 2.45) is 5.73 Å². The lowest BCUT2D eigenvalue weighted by molar-refractivity contribution is 0.0680. The molecule has 6 heteroatoms. The van der Waals surface area contributed by atoms with Crippen LogP contribution in [0, 0.1) is 6.92 Å². The van der Waals surface area contributed by atoms with Crippen LogP contribution in [-0.2, 0) is 6.42 Å². The van der Waals surface area contributed by atoms with Crippen LogP contribution in [0.5, 0.6) is 0 Å². The molecular formula is C33H40N4O2. The van der Waals surface area contributed by atoms with Crippen molar-refractivity contribution in [3.63, 3.8) is 0 Å². The van der Waals surface area contributed by atoms with E-state index in [2.05, 4.69) is 13.5 Å². The molecule has 0 bridgehead atoms. The zero-order valence-electron chi connectivity index (χ0n) is 23.6. The van der Waals surface area contributed by atoms with Gasteiger partial charge in [-0.1, -0.05) is 87.9 Å². The summed E-state index contributed by atoms with van der Waals surface area (Å²) >= 11 is 0. The van der Waals surface area contributed by atoms with E-state index in [-0.39, 0.29) is 24.6 Å². The van der Waals surface area contributed by atoms with Gasteiger partial charge in [0.1, 0.15) is 5.65 Å². The number of hydrogen-bond donors (Lipinski definition) is 1. The van der Waals surface area contributed by atoms with Crippen molar-refractivity contribution in [3.05, 3.63) is 129 Å². The maximum Gasteiger partial charge on any atom is 0.261 e. The van der Waals surface area contributed by atoms with Crippen LogP contribution >= 0.6 is 0 Å². The third-order valence-electron chi connectivity index (χ3n) is 6.58. The molecular weight excluding hydrogens is 484 g/mol. The highest BCUT2D eigenvalue weighted by atomic mass is 16.2. The summed E-state index contributed by atoms with van der Waals surface area (Å²) in [5.41, 5.74) is 11.0. The molecule has 0 radical (unpaired) electrons. The number of nitrogens with two attached hydrogens (primary N) is 1. The van der Waals surface area contributed by atoms with Gasteiger partial charge < -0.3 is 10.6 Å². The van der Waals surface area contributed by atoms with Crippen molar-refractivity contribution >= 4 is 11.6 Å². The zero-order valence-corrected chi connectivity index (χ0v) is 23.6. The molecule has 4 rings (SSSR count). The molecule has 1 unspecified atom stereocenters. The first-order valence-corrected chi connectivity index (χ1v) is 13.7. The quantitative estimate of drug-likeness (QED) is 0.254. The average molecular weight is 525 g/mol. The summed E-state index contributed by atoms with van der Waals surface area (Å²) in [6, 6.07) is 22.5. The van der Waals surface area contributed by atoms with Crippen LogP contribution in [0.2, 0.25) is 0 Å². The average Bonchev–Trinajstić information content (AvgIpc) is 2.98. The summed E-state index contributed by atoms with van der Waals surface area (Å²) in [5, 5.41) is 0. The molecule has 6 nitrogen and oxygen atoms in total. The van der Waals surface area contributed by atoms with Gasteiger partial charge in [-0.3, -0.25) is 14.0 Å². The van der Waals surface area contributed by atoms with Crippen molar-refractivity contribution in [1.82, 2.24) is 14.3 Å². The molecule has 2 aromatic heterocycles. The van der Waals surface area contributed by atoms with E-state index in [1.54, 1.807) is 15.5 Å². The van der Waals surface area contributed by atoms with E-state index < -0.39 is 6.04 Å². The summed E-state index contributed by atoms with van der Waals surface area (Å²) in [6.45, 7) is 12.7. The summed E-state index contributed by atoms with van der Waals surface area (Å²) in [4.78, 5) is 34.6. The van der Waals surface area contributed by atoms with E-state index in [1.807, 2.05) is 93.6 Å². The number of rotatable bonds is 10. The minimum atomic E-state index is -0.418. The normalized spacial score (nSPS) is 11.4. The van der Waals surface area contributed by atoms with Crippen LogP contribution in [0.1, 0.15) is 72.4 Å². The second-order valence-electron chi connectivity index (χ2n) is 9.43. The van der Waals surface area contributed by atoms with Crippen molar-refractivity contribution in [3.8, 4) is 0 Å². The second-order valence-corrected chi connectivity index (χ2v) is 9.43. The maximum atomic E-state index is 13.9. The number of hydrogen-bond acceptors (Lipinski definition) is 4. The van der Waals surface area contributed by atoms with Crippen LogP contribution < -0.4 is 11.3 Å². The molecule has 39 heavy (non-hydrogen) atoms. The standard InChI is InChI=1S/C31H34N4O2.C2H6/c1-4-10-27(35(21-23(3)20-32)30(36)25-16-14-22(2)15-17-25)29-26(19-24-11-6-5-7-12-24)31(37)34-18-9-8-13-28(34)33-29;1-2/h5-9,11-18,27H,3-4,10,19-21,32H2,1-2H3;1-2H3. The Morgan fingerprint density at radius 3 is 2.33 bits per heavy atom. The maximum absolute atomic E-state index is 13.9. The third kappa shape index (κ3) is 7.09. The lowest BCUT2D eigenvalue weighted by Crippen LogP contribution is -2.39.